The summed E-state index contributed by atoms with van der Waals surface area (Å²) in [7, 11) is -3.61. The van der Waals surface area contributed by atoms with E-state index in [4.69, 9.17) is 0 Å². The van der Waals surface area contributed by atoms with Crippen LogP contribution in [0.3, 0.4) is 0 Å². The van der Waals surface area contributed by atoms with E-state index >= 15 is 0 Å². The number of hydrogen-bond donors (Lipinski definition) is 0. The molecular formula is C15H18FNO2S2. The van der Waals surface area contributed by atoms with Gasteiger partial charge in [-0.05, 0) is 59.5 Å². The second-order valence-corrected chi connectivity index (χ2v) is 7.60. The van der Waals surface area contributed by atoms with Crippen molar-refractivity contribution < 1.29 is 12.8 Å². The van der Waals surface area contributed by atoms with Crippen molar-refractivity contribution in [3.63, 3.8) is 0 Å². The van der Waals surface area contributed by atoms with E-state index in [1.807, 2.05) is 23.8 Å². The second-order valence-electron chi connectivity index (χ2n) is 4.88. The lowest BCUT2D eigenvalue weighted by Gasteiger charge is -2.21. The summed E-state index contributed by atoms with van der Waals surface area (Å²) in [6, 6.07) is 5.84. The Kier molecular flexibility index (Phi) is 5.13. The van der Waals surface area contributed by atoms with Gasteiger partial charge in [-0.1, -0.05) is 6.92 Å². The lowest BCUT2D eigenvalue weighted by molar-refractivity contribution is 0.406. The summed E-state index contributed by atoms with van der Waals surface area (Å²) in [5.41, 5.74) is 1.30. The minimum atomic E-state index is -3.61. The van der Waals surface area contributed by atoms with Gasteiger partial charge in [-0.3, -0.25) is 0 Å². The number of sulfonamides is 1. The van der Waals surface area contributed by atoms with E-state index in [2.05, 4.69) is 0 Å². The Morgan fingerprint density at radius 1 is 1.29 bits per heavy atom. The van der Waals surface area contributed by atoms with E-state index in [1.165, 1.54) is 33.8 Å². The Morgan fingerprint density at radius 2 is 2.05 bits per heavy atom. The van der Waals surface area contributed by atoms with Crippen molar-refractivity contribution in [2.75, 3.05) is 6.54 Å². The molecule has 0 saturated carbocycles. The third-order valence-electron chi connectivity index (χ3n) is 3.18. The molecule has 6 heteroatoms. The minimum absolute atomic E-state index is 0.144. The fourth-order valence-corrected chi connectivity index (χ4v) is 4.31. The van der Waals surface area contributed by atoms with Crippen molar-refractivity contribution in [1.82, 2.24) is 4.31 Å². The average Bonchev–Trinajstić information content (AvgIpc) is 2.94. The van der Waals surface area contributed by atoms with Crippen LogP contribution in [0.1, 0.15) is 24.5 Å². The molecule has 0 aliphatic carbocycles. The standard InChI is InChI=1S/C15H18FNO2S2/c1-3-7-17(10-13-6-8-20-11-13)21(18,19)14-4-5-15(16)12(2)9-14/h4-6,8-9,11H,3,7,10H2,1-2H3. The molecule has 2 aromatic rings. The number of nitrogens with zero attached hydrogens (tertiary/aromatic N) is 1. The van der Waals surface area contributed by atoms with Crippen LogP contribution in [-0.4, -0.2) is 19.3 Å². The molecule has 114 valence electrons. The fraction of sp³-hybridized carbons (Fsp3) is 0.333. The van der Waals surface area contributed by atoms with Gasteiger partial charge in [-0.2, -0.15) is 15.6 Å². The number of aryl methyl sites for hydroxylation is 1. The molecule has 0 spiro atoms. The van der Waals surface area contributed by atoms with Gasteiger partial charge in [0.2, 0.25) is 10.0 Å². The summed E-state index contributed by atoms with van der Waals surface area (Å²) in [5.74, 6) is -0.395. The molecular weight excluding hydrogens is 309 g/mol. The molecule has 0 fully saturated rings. The van der Waals surface area contributed by atoms with Gasteiger partial charge in [0.15, 0.2) is 0 Å². The fourth-order valence-electron chi connectivity index (χ4n) is 2.05. The van der Waals surface area contributed by atoms with Gasteiger partial charge in [0.25, 0.3) is 0 Å². The summed E-state index contributed by atoms with van der Waals surface area (Å²) in [6.45, 7) is 4.29. The Balaban J connectivity index is 2.34. The Labute approximate surface area is 129 Å². The molecule has 2 rings (SSSR count). The predicted molar refractivity (Wildman–Crippen MR) is 83.3 cm³/mol. The topological polar surface area (TPSA) is 37.4 Å². The van der Waals surface area contributed by atoms with Crippen LogP contribution in [0.15, 0.2) is 39.9 Å². The van der Waals surface area contributed by atoms with Gasteiger partial charge in [0, 0.05) is 13.1 Å². The normalized spacial score (nSPS) is 12.0. The van der Waals surface area contributed by atoms with Crippen LogP contribution < -0.4 is 0 Å². The molecule has 3 nitrogen and oxygen atoms in total. The molecule has 0 atom stereocenters. The molecule has 0 radical (unpaired) electrons. The molecule has 0 aliphatic rings. The lowest BCUT2D eigenvalue weighted by Crippen LogP contribution is -2.31. The Morgan fingerprint density at radius 3 is 2.62 bits per heavy atom. The lowest BCUT2D eigenvalue weighted by atomic mass is 10.2. The predicted octanol–water partition coefficient (Wildman–Crippen LogP) is 3.80. The molecule has 1 heterocycles. The van der Waals surface area contributed by atoms with E-state index in [0.29, 0.717) is 18.7 Å². The number of hydrogen-bond acceptors (Lipinski definition) is 3. The molecule has 0 N–H and O–H groups in total. The second kappa shape index (κ2) is 6.68. The number of benzene rings is 1. The van der Waals surface area contributed by atoms with Crippen molar-refractivity contribution in [3.8, 4) is 0 Å². The highest BCUT2D eigenvalue weighted by atomic mass is 32.2. The zero-order valence-electron chi connectivity index (χ0n) is 12.0. The van der Waals surface area contributed by atoms with Gasteiger partial charge < -0.3 is 0 Å². The highest BCUT2D eigenvalue weighted by Gasteiger charge is 2.24. The first-order valence-electron chi connectivity index (χ1n) is 6.72. The van der Waals surface area contributed by atoms with Crippen molar-refractivity contribution in [2.45, 2.75) is 31.7 Å². The van der Waals surface area contributed by atoms with E-state index in [1.54, 1.807) is 6.92 Å². The van der Waals surface area contributed by atoms with E-state index in [9.17, 15) is 12.8 Å². The third kappa shape index (κ3) is 3.70. The summed E-state index contributed by atoms with van der Waals surface area (Å²) in [6.07, 6.45) is 0.726. The highest BCUT2D eigenvalue weighted by Crippen LogP contribution is 2.21. The first-order chi connectivity index (χ1) is 9.95. The zero-order chi connectivity index (χ0) is 15.5. The van der Waals surface area contributed by atoms with E-state index < -0.39 is 15.8 Å². The zero-order valence-corrected chi connectivity index (χ0v) is 13.7. The van der Waals surface area contributed by atoms with Crippen LogP contribution >= 0.6 is 11.3 Å². The maximum Gasteiger partial charge on any atom is 0.243 e. The van der Waals surface area contributed by atoms with Crippen LogP contribution in [0.5, 0.6) is 0 Å². The largest absolute Gasteiger partial charge is 0.243 e. The van der Waals surface area contributed by atoms with Crippen LogP contribution in [-0.2, 0) is 16.6 Å². The first-order valence-corrected chi connectivity index (χ1v) is 9.11. The molecule has 0 unspecified atom stereocenters. The maximum atomic E-state index is 13.3. The van der Waals surface area contributed by atoms with Crippen molar-refractivity contribution in [2.24, 2.45) is 0 Å². The molecule has 0 aliphatic heterocycles. The van der Waals surface area contributed by atoms with Crippen LogP contribution in [0, 0.1) is 12.7 Å². The Bertz CT molecular complexity index is 696. The molecule has 1 aromatic carbocycles. The van der Waals surface area contributed by atoms with Crippen molar-refractivity contribution in [3.05, 3.63) is 52.0 Å². The third-order valence-corrected chi connectivity index (χ3v) is 5.75. The average molecular weight is 327 g/mol. The summed E-state index contributed by atoms with van der Waals surface area (Å²) in [4.78, 5) is 0.144. The summed E-state index contributed by atoms with van der Waals surface area (Å²) in [5, 5.41) is 3.86. The quantitative estimate of drug-likeness (QED) is 0.809. The van der Waals surface area contributed by atoms with Gasteiger partial charge in [0.1, 0.15) is 5.82 Å². The summed E-state index contributed by atoms with van der Waals surface area (Å²) < 4.78 is 40.2. The SMILES string of the molecule is CCCN(Cc1ccsc1)S(=O)(=O)c1ccc(F)c(C)c1. The number of halogens is 1. The number of rotatable bonds is 6. The van der Waals surface area contributed by atoms with Crippen LogP contribution in [0.25, 0.3) is 0 Å². The molecule has 21 heavy (non-hydrogen) atoms. The molecule has 0 bridgehead atoms. The van der Waals surface area contributed by atoms with Gasteiger partial charge in [-0.15, -0.1) is 0 Å². The van der Waals surface area contributed by atoms with Crippen LogP contribution in [0.4, 0.5) is 4.39 Å². The molecule has 0 saturated heterocycles. The minimum Gasteiger partial charge on any atom is -0.207 e. The first kappa shape index (κ1) is 16.1. The van der Waals surface area contributed by atoms with Crippen LogP contribution in [0.2, 0.25) is 0 Å². The van der Waals surface area contributed by atoms with E-state index in [0.717, 1.165) is 12.0 Å². The van der Waals surface area contributed by atoms with Gasteiger partial charge in [-0.25, -0.2) is 12.8 Å². The van der Waals surface area contributed by atoms with Crippen molar-refractivity contribution >= 4 is 21.4 Å². The smallest absolute Gasteiger partial charge is 0.207 e. The maximum absolute atomic E-state index is 13.3. The molecule has 1 aromatic heterocycles. The number of thiophene rings is 1. The Hall–Kier alpha value is -1.24. The molecule has 0 amide bonds. The monoisotopic (exact) mass is 327 g/mol. The van der Waals surface area contributed by atoms with E-state index in [-0.39, 0.29) is 4.90 Å². The summed E-state index contributed by atoms with van der Waals surface area (Å²) >= 11 is 1.54. The van der Waals surface area contributed by atoms with Crippen molar-refractivity contribution in [1.29, 1.82) is 0 Å². The van der Waals surface area contributed by atoms with Gasteiger partial charge >= 0.3 is 0 Å². The van der Waals surface area contributed by atoms with Gasteiger partial charge in [0.05, 0.1) is 4.90 Å². The highest BCUT2D eigenvalue weighted by molar-refractivity contribution is 7.89.